The SMILES string of the molecule is CC(C)Cc1ccc([C@@H](C)NC(=O)COC(=O)Cc2ccc(Cl)c(Cl)c2)cc1. The summed E-state index contributed by atoms with van der Waals surface area (Å²) in [5.41, 5.74) is 2.95. The number of carbonyl (C=O) groups is 2. The minimum absolute atomic E-state index is 0.0248. The summed E-state index contributed by atoms with van der Waals surface area (Å²) < 4.78 is 5.05. The maximum Gasteiger partial charge on any atom is 0.310 e. The summed E-state index contributed by atoms with van der Waals surface area (Å²) >= 11 is 11.8. The van der Waals surface area contributed by atoms with Gasteiger partial charge in [-0.3, -0.25) is 9.59 Å². The second-order valence-corrected chi connectivity index (χ2v) is 8.03. The van der Waals surface area contributed by atoms with E-state index in [-0.39, 0.29) is 25.0 Å². The first kappa shape index (κ1) is 22.3. The van der Waals surface area contributed by atoms with Crippen LogP contribution in [0, 0.1) is 5.92 Å². The number of hydrogen-bond donors (Lipinski definition) is 1. The average Bonchev–Trinajstić information content (AvgIpc) is 2.63. The lowest BCUT2D eigenvalue weighted by atomic mass is 10.00. The summed E-state index contributed by atoms with van der Waals surface area (Å²) in [7, 11) is 0. The lowest BCUT2D eigenvalue weighted by Gasteiger charge is -2.15. The first-order valence-corrected chi connectivity index (χ1v) is 9.98. The molecule has 0 radical (unpaired) electrons. The Bertz CT molecular complexity index is 819. The molecule has 2 aromatic rings. The van der Waals surface area contributed by atoms with E-state index in [9.17, 15) is 9.59 Å². The predicted molar refractivity (Wildman–Crippen MR) is 113 cm³/mol. The number of nitrogens with one attached hydrogen (secondary N) is 1. The monoisotopic (exact) mass is 421 g/mol. The van der Waals surface area contributed by atoms with Gasteiger partial charge in [0, 0.05) is 0 Å². The van der Waals surface area contributed by atoms with E-state index in [0.717, 1.165) is 12.0 Å². The Hall–Kier alpha value is -2.04. The number of ether oxygens (including phenoxy) is 1. The fourth-order valence-corrected chi connectivity index (χ4v) is 3.11. The molecule has 0 spiro atoms. The molecular weight excluding hydrogens is 397 g/mol. The zero-order valence-corrected chi connectivity index (χ0v) is 17.8. The number of hydrogen-bond acceptors (Lipinski definition) is 3. The van der Waals surface area contributed by atoms with Crippen LogP contribution in [-0.2, 0) is 27.2 Å². The van der Waals surface area contributed by atoms with Crippen LogP contribution in [0.3, 0.4) is 0 Å². The first-order chi connectivity index (χ1) is 13.2. The molecule has 0 aliphatic heterocycles. The second-order valence-electron chi connectivity index (χ2n) is 7.21. The molecular formula is C22H25Cl2NO3. The van der Waals surface area contributed by atoms with Crippen molar-refractivity contribution in [2.24, 2.45) is 5.92 Å². The Morgan fingerprint density at radius 3 is 2.21 bits per heavy atom. The molecule has 2 aromatic carbocycles. The molecule has 0 aliphatic carbocycles. The largest absolute Gasteiger partial charge is 0.455 e. The van der Waals surface area contributed by atoms with Gasteiger partial charge in [0.25, 0.3) is 5.91 Å². The lowest BCUT2D eigenvalue weighted by Crippen LogP contribution is -2.31. The molecule has 2 rings (SSSR count). The van der Waals surface area contributed by atoms with Crippen molar-refractivity contribution >= 4 is 35.1 Å². The van der Waals surface area contributed by atoms with Crippen molar-refractivity contribution in [2.75, 3.05) is 6.61 Å². The number of halogens is 2. The van der Waals surface area contributed by atoms with Crippen molar-refractivity contribution < 1.29 is 14.3 Å². The molecule has 1 N–H and O–H groups in total. The number of amides is 1. The van der Waals surface area contributed by atoms with Crippen molar-refractivity contribution in [3.05, 3.63) is 69.2 Å². The van der Waals surface area contributed by atoms with Gasteiger partial charge in [-0.15, -0.1) is 0 Å². The third kappa shape index (κ3) is 7.17. The van der Waals surface area contributed by atoms with Crippen LogP contribution in [0.5, 0.6) is 0 Å². The zero-order chi connectivity index (χ0) is 20.7. The fraction of sp³-hybridized carbons (Fsp3) is 0.364. The van der Waals surface area contributed by atoms with Crippen LogP contribution >= 0.6 is 23.2 Å². The quantitative estimate of drug-likeness (QED) is 0.599. The van der Waals surface area contributed by atoms with E-state index in [2.05, 4.69) is 31.3 Å². The van der Waals surface area contributed by atoms with Gasteiger partial charge in [0.15, 0.2) is 6.61 Å². The van der Waals surface area contributed by atoms with Crippen LogP contribution in [0.15, 0.2) is 42.5 Å². The van der Waals surface area contributed by atoms with E-state index in [4.69, 9.17) is 27.9 Å². The molecule has 0 saturated heterocycles. The molecule has 150 valence electrons. The van der Waals surface area contributed by atoms with E-state index < -0.39 is 5.97 Å². The highest BCUT2D eigenvalue weighted by atomic mass is 35.5. The van der Waals surface area contributed by atoms with E-state index in [1.807, 2.05) is 19.1 Å². The second kappa shape index (κ2) is 10.5. The molecule has 28 heavy (non-hydrogen) atoms. The number of benzene rings is 2. The normalized spacial score (nSPS) is 11.9. The molecule has 0 aromatic heterocycles. The van der Waals surface area contributed by atoms with Gasteiger partial charge in [0.05, 0.1) is 22.5 Å². The lowest BCUT2D eigenvalue weighted by molar-refractivity contribution is -0.148. The molecule has 0 fully saturated rings. The highest BCUT2D eigenvalue weighted by molar-refractivity contribution is 6.42. The summed E-state index contributed by atoms with van der Waals surface area (Å²) in [5, 5.41) is 3.63. The van der Waals surface area contributed by atoms with Gasteiger partial charge in [-0.2, -0.15) is 0 Å². The molecule has 6 heteroatoms. The van der Waals surface area contributed by atoms with Gasteiger partial charge in [-0.05, 0) is 48.1 Å². The third-order valence-electron chi connectivity index (χ3n) is 4.20. The van der Waals surface area contributed by atoms with Gasteiger partial charge in [-0.1, -0.05) is 67.4 Å². The van der Waals surface area contributed by atoms with E-state index in [0.29, 0.717) is 21.5 Å². The molecule has 1 amide bonds. The van der Waals surface area contributed by atoms with Crippen molar-refractivity contribution in [1.82, 2.24) is 5.32 Å². The van der Waals surface area contributed by atoms with Gasteiger partial charge >= 0.3 is 5.97 Å². The van der Waals surface area contributed by atoms with E-state index >= 15 is 0 Å². The van der Waals surface area contributed by atoms with Crippen molar-refractivity contribution in [1.29, 1.82) is 0 Å². The molecule has 1 atom stereocenters. The van der Waals surface area contributed by atoms with Crippen LogP contribution < -0.4 is 5.32 Å². The maximum absolute atomic E-state index is 12.1. The van der Waals surface area contributed by atoms with Crippen molar-refractivity contribution in [3.8, 4) is 0 Å². The van der Waals surface area contributed by atoms with Gasteiger partial charge < -0.3 is 10.1 Å². The van der Waals surface area contributed by atoms with E-state index in [1.54, 1.807) is 18.2 Å². The molecule has 0 aliphatic rings. The molecule has 4 nitrogen and oxygen atoms in total. The Labute approximate surface area is 176 Å². The summed E-state index contributed by atoms with van der Waals surface area (Å²) in [4.78, 5) is 24.0. The maximum atomic E-state index is 12.1. The Morgan fingerprint density at radius 1 is 0.964 bits per heavy atom. The average molecular weight is 422 g/mol. The summed E-state index contributed by atoms with van der Waals surface area (Å²) in [5.74, 6) is -0.248. The Morgan fingerprint density at radius 2 is 1.61 bits per heavy atom. The summed E-state index contributed by atoms with van der Waals surface area (Å²) in [6.07, 6.45) is 1.05. The molecule has 0 heterocycles. The van der Waals surface area contributed by atoms with Gasteiger partial charge in [-0.25, -0.2) is 0 Å². The molecule has 0 saturated carbocycles. The van der Waals surface area contributed by atoms with Gasteiger partial charge in [0.2, 0.25) is 0 Å². The minimum atomic E-state index is -0.501. The Kier molecular flexibility index (Phi) is 8.34. The summed E-state index contributed by atoms with van der Waals surface area (Å²) in [6, 6.07) is 12.9. The number of carbonyl (C=O) groups excluding carboxylic acids is 2. The van der Waals surface area contributed by atoms with Crippen LogP contribution in [0.2, 0.25) is 10.0 Å². The zero-order valence-electron chi connectivity index (χ0n) is 16.3. The Balaban J connectivity index is 1.79. The number of rotatable bonds is 8. The van der Waals surface area contributed by atoms with Crippen molar-refractivity contribution in [2.45, 2.75) is 39.7 Å². The number of esters is 1. The van der Waals surface area contributed by atoms with Gasteiger partial charge in [0.1, 0.15) is 0 Å². The van der Waals surface area contributed by atoms with Crippen LogP contribution in [0.4, 0.5) is 0 Å². The standard InChI is InChI=1S/C22H25Cl2NO3/c1-14(2)10-16-4-7-18(8-5-16)15(3)25-21(26)13-28-22(27)12-17-6-9-19(23)20(24)11-17/h4-9,11,14-15H,10,12-13H2,1-3H3,(H,25,26)/t15-/m1/s1. The van der Waals surface area contributed by atoms with Crippen LogP contribution in [0.25, 0.3) is 0 Å². The summed E-state index contributed by atoms with van der Waals surface area (Å²) in [6.45, 7) is 5.93. The molecule has 0 unspecified atom stereocenters. The minimum Gasteiger partial charge on any atom is -0.455 e. The highest BCUT2D eigenvalue weighted by Gasteiger charge is 2.13. The van der Waals surface area contributed by atoms with Crippen LogP contribution in [0.1, 0.15) is 43.5 Å². The van der Waals surface area contributed by atoms with Crippen molar-refractivity contribution in [3.63, 3.8) is 0 Å². The predicted octanol–water partition coefficient (Wildman–Crippen LogP) is 5.16. The topological polar surface area (TPSA) is 55.4 Å². The third-order valence-corrected chi connectivity index (χ3v) is 4.94. The van der Waals surface area contributed by atoms with Crippen LogP contribution in [-0.4, -0.2) is 18.5 Å². The molecule has 0 bridgehead atoms. The smallest absolute Gasteiger partial charge is 0.310 e. The van der Waals surface area contributed by atoms with E-state index in [1.165, 1.54) is 5.56 Å². The first-order valence-electron chi connectivity index (χ1n) is 9.22. The fourth-order valence-electron chi connectivity index (χ4n) is 2.79. The highest BCUT2D eigenvalue weighted by Crippen LogP contribution is 2.23.